The van der Waals surface area contributed by atoms with Crippen molar-refractivity contribution in [1.29, 1.82) is 0 Å². The van der Waals surface area contributed by atoms with Crippen molar-refractivity contribution in [2.45, 2.75) is 44.6 Å². The van der Waals surface area contributed by atoms with Crippen LogP contribution in [0, 0.1) is 6.92 Å². The van der Waals surface area contributed by atoms with E-state index in [9.17, 15) is 9.59 Å². The first-order valence-corrected chi connectivity index (χ1v) is 11.4. The molecule has 0 atom stereocenters. The lowest BCUT2D eigenvalue weighted by molar-refractivity contribution is 0.0667. The second-order valence-corrected chi connectivity index (χ2v) is 8.99. The molecule has 2 fully saturated rings. The van der Waals surface area contributed by atoms with Crippen LogP contribution in [0.15, 0.2) is 47.2 Å². The molecule has 1 aliphatic carbocycles. The van der Waals surface area contributed by atoms with Crippen LogP contribution in [0.5, 0.6) is 0 Å². The fourth-order valence-corrected chi connectivity index (χ4v) is 4.42. The predicted octanol–water partition coefficient (Wildman–Crippen LogP) is 4.34. The second-order valence-electron chi connectivity index (χ2n) is 8.58. The number of carbonyl (C=O) groups excluding carboxylic acids is 2. The topological polar surface area (TPSA) is 80.4 Å². The molecular formula is C24H25ClN4O3. The zero-order valence-corrected chi connectivity index (χ0v) is 18.6. The molecule has 1 saturated heterocycles. The van der Waals surface area contributed by atoms with Gasteiger partial charge in [-0.05, 0) is 62.4 Å². The number of nitrogens with one attached hydrogen (secondary N) is 1. The van der Waals surface area contributed by atoms with E-state index < -0.39 is 0 Å². The van der Waals surface area contributed by atoms with Gasteiger partial charge in [0, 0.05) is 30.1 Å². The van der Waals surface area contributed by atoms with Crippen LogP contribution < -0.4 is 5.32 Å². The van der Waals surface area contributed by atoms with E-state index in [1.165, 1.54) is 6.26 Å². The number of halogens is 1. The minimum atomic E-state index is -0.104. The first-order valence-electron chi connectivity index (χ1n) is 11.0. The van der Waals surface area contributed by atoms with E-state index in [1.807, 2.05) is 29.8 Å². The Bertz CT molecular complexity index is 1140. The van der Waals surface area contributed by atoms with Crippen LogP contribution >= 0.6 is 11.6 Å². The van der Waals surface area contributed by atoms with Gasteiger partial charge in [0.2, 0.25) is 0 Å². The molecule has 3 heterocycles. The summed E-state index contributed by atoms with van der Waals surface area (Å²) in [5.74, 6) is 0.484. The molecular weight excluding hydrogens is 428 g/mol. The lowest BCUT2D eigenvalue weighted by Crippen LogP contribution is -2.46. The van der Waals surface area contributed by atoms with Crippen LogP contribution in [-0.4, -0.2) is 45.6 Å². The Morgan fingerprint density at radius 1 is 1.16 bits per heavy atom. The Hall–Kier alpha value is -3.06. The van der Waals surface area contributed by atoms with E-state index >= 15 is 0 Å². The van der Waals surface area contributed by atoms with Gasteiger partial charge in [-0.1, -0.05) is 17.7 Å². The molecule has 0 spiro atoms. The maximum atomic E-state index is 13.1. The third kappa shape index (κ3) is 4.05. The number of likely N-dealkylation sites (tertiary alicyclic amines) is 1. The van der Waals surface area contributed by atoms with Crippen LogP contribution in [0.2, 0.25) is 5.02 Å². The molecule has 1 aliphatic heterocycles. The summed E-state index contributed by atoms with van der Waals surface area (Å²) in [6.45, 7) is 3.13. The molecule has 5 rings (SSSR count). The first-order chi connectivity index (χ1) is 15.5. The highest BCUT2D eigenvalue weighted by atomic mass is 35.5. The minimum Gasteiger partial charge on any atom is -0.459 e. The molecule has 1 aromatic carbocycles. The van der Waals surface area contributed by atoms with Crippen molar-refractivity contribution in [3.63, 3.8) is 0 Å². The molecule has 2 aromatic heterocycles. The molecule has 1 N–H and O–H groups in total. The number of aromatic nitrogens is 2. The normalized spacial score (nSPS) is 16.9. The zero-order valence-electron chi connectivity index (χ0n) is 17.9. The molecule has 1 saturated carbocycles. The van der Waals surface area contributed by atoms with Crippen LogP contribution in [0.3, 0.4) is 0 Å². The van der Waals surface area contributed by atoms with Gasteiger partial charge in [0.25, 0.3) is 11.8 Å². The molecule has 0 radical (unpaired) electrons. The van der Waals surface area contributed by atoms with Gasteiger partial charge in [-0.2, -0.15) is 5.10 Å². The van der Waals surface area contributed by atoms with Gasteiger partial charge >= 0.3 is 0 Å². The van der Waals surface area contributed by atoms with Crippen molar-refractivity contribution in [3.05, 3.63) is 70.4 Å². The van der Waals surface area contributed by atoms with Crippen molar-refractivity contribution < 1.29 is 14.0 Å². The van der Waals surface area contributed by atoms with Crippen LogP contribution in [0.1, 0.15) is 63.8 Å². The van der Waals surface area contributed by atoms with E-state index in [1.54, 1.807) is 23.2 Å². The largest absolute Gasteiger partial charge is 0.459 e. The molecule has 0 bridgehead atoms. The number of amides is 2. The summed E-state index contributed by atoms with van der Waals surface area (Å²) in [4.78, 5) is 27.4. The first kappa shape index (κ1) is 20.8. The number of aryl methyl sites for hydroxylation is 1. The number of nitrogens with zero attached hydrogens (tertiary/aromatic N) is 3. The molecule has 32 heavy (non-hydrogen) atoms. The summed E-state index contributed by atoms with van der Waals surface area (Å²) < 4.78 is 7.06. The molecule has 3 aromatic rings. The number of furan rings is 1. The second kappa shape index (κ2) is 8.47. The Balaban J connectivity index is 1.28. The Kier molecular flexibility index (Phi) is 5.51. The van der Waals surface area contributed by atoms with Crippen molar-refractivity contribution in [2.75, 3.05) is 13.1 Å². The van der Waals surface area contributed by atoms with Crippen molar-refractivity contribution in [1.82, 2.24) is 20.0 Å². The van der Waals surface area contributed by atoms with E-state index in [2.05, 4.69) is 10.4 Å². The number of hydrogen-bond donors (Lipinski definition) is 1. The lowest BCUT2D eigenvalue weighted by atomic mass is 10.0. The number of carbonyl (C=O) groups is 2. The molecule has 2 aliphatic rings. The summed E-state index contributed by atoms with van der Waals surface area (Å²) >= 11 is 6.32. The third-order valence-electron chi connectivity index (χ3n) is 6.26. The van der Waals surface area contributed by atoms with E-state index in [0.29, 0.717) is 48.2 Å². The summed E-state index contributed by atoms with van der Waals surface area (Å²) in [7, 11) is 0. The summed E-state index contributed by atoms with van der Waals surface area (Å²) in [6, 6.07) is 9.24. The van der Waals surface area contributed by atoms with E-state index in [0.717, 1.165) is 29.8 Å². The van der Waals surface area contributed by atoms with Crippen LogP contribution in [0.4, 0.5) is 0 Å². The molecule has 8 heteroatoms. The fourth-order valence-electron chi connectivity index (χ4n) is 4.25. The van der Waals surface area contributed by atoms with Gasteiger partial charge in [0.05, 0.1) is 29.4 Å². The zero-order chi connectivity index (χ0) is 22.2. The number of piperidine rings is 1. The summed E-state index contributed by atoms with van der Waals surface area (Å²) in [5.41, 5.74) is 3.45. The maximum Gasteiger partial charge on any atom is 0.289 e. The van der Waals surface area contributed by atoms with E-state index in [-0.39, 0.29) is 17.9 Å². The Labute approximate surface area is 191 Å². The van der Waals surface area contributed by atoms with Crippen molar-refractivity contribution in [2.24, 2.45) is 0 Å². The SMILES string of the molecule is Cc1ccc(-n2ncc(C(=O)NC3CCN(C(=O)c4ccco4)CC3)c2C2CC2)cc1Cl. The monoisotopic (exact) mass is 452 g/mol. The fraction of sp³-hybridized carbons (Fsp3) is 0.375. The van der Waals surface area contributed by atoms with Crippen molar-refractivity contribution >= 4 is 23.4 Å². The number of rotatable bonds is 5. The van der Waals surface area contributed by atoms with Crippen LogP contribution in [0.25, 0.3) is 5.69 Å². The summed E-state index contributed by atoms with van der Waals surface area (Å²) in [6.07, 6.45) is 6.68. The van der Waals surface area contributed by atoms with E-state index in [4.69, 9.17) is 16.0 Å². The Morgan fingerprint density at radius 3 is 2.59 bits per heavy atom. The average molecular weight is 453 g/mol. The molecule has 0 unspecified atom stereocenters. The molecule has 2 amide bonds. The maximum absolute atomic E-state index is 13.1. The van der Waals surface area contributed by atoms with Gasteiger partial charge in [0.1, 0.15) is 0 Å². The van der Waals surface area contributed by atoms with Crippen LogP contribution in [-0.2, 0) is 0 Å². The number of hydrogen-bond acceptors (Lipinski definition) is 4. The highest BCUT2D eigenvalue weighted by Crippen LogP contribution is 2.42. The standard InChI is InChI=1S/C24H25ClN4O3/c1-15-4-7-18(13-20(15)25)29-22(16-5-6-16)19(14-26-29)23(30)27-17-8-10-28(11-9-17)24(31)21-3-2-12-32-21/h2-4,7,12-14,16-17H,5-6,8-11H2,1H3,(H,27,30). The Morgan fingerprint density at radius 2 is 1.94 bits per heavy atom. The molecule has 166 valence electrons. The van der Waals surface area contributed by atoms with Crippen molar-refractivity contribution in [3.8, 4) is 5.69 Å². The van der Waals surface area contributed by atoms with Gasteiger partial charge in [0.15, 0.2) is 5.76 Å². The smallest absolute Gasteiger partial charge is 0.289 e. The number of benzene rings is 1. The summed E-state index contributed by atoms with van der Waals surface area (Å²) in [5, 5.41) is 8.37. The van der Waals surface area contributed by atoms with Gasteiger partial charge < -0.3 is 14.6 Å². The predicted molar refractivity (Wildman–Crippen MR) is 120 cm³/mol. The van der Waals surface area contributed by atoms with Gasteiger partial charge in [-0.25, -0.2) is 4.68 Å². The van der Waals surface area contributed by atoms with Gasteiger partial charge in [-0.3, -0.25) is 9.59 Å². The average Bonchev–Trinajstić information content (AvgIpc) is 3.30. The lowest BCUT2D eigenvalue weighted by Gasteiger charge is -2.31. The quantitative estimate of drug-likeness (QED) is 0.624. The molecule has 7 nitrogen and oxygen atoms in total. The third-order valence-corrected chi connectivity index (χ3v) is 6.67. The highest BCUT2D eigenvalue weighted by molar-refractivity contribution is 6.31. The van der Waals surface area contributed by atoms with Gasteiger partial charge in [-0.15, -0.1) is 0 Å². The highest BCUT2D eigenvalue weighted by Gasteiger charge is 2.34. The minimum absolute atomic E-state index is 0.0207.